The maximum atomic E-state index is 12.3. The van der Waals surface area contributed by atoms with Gasteiger partial charge in [0.2, 0.25) is 5.91 Å². The van der Waals surface area contributed by atoms with E-state index in [1.54, 1.807) is 0 Å². The quantitative estimate of drug-likeness (QED) is 0.802. The highest BCUT2D eigenvalue weighted by molar-refractivity contribution is 5.77. The van der Waals surface area contributed by atoms with Crippen molar-refractivity contribution < 1.29 is 4.79 Å². The largest absolute Gasteiger partial charge is 0.340 e. The molecule has 0 spiro atoms. The number of nitrogens with two attached hydrogens (primary N) is 1. The number of carbonyl (C=O) groups excluding carboxylic acids is 1. The minimum atomic E-state index is 0.0800. The van der Waals surface area contributed by atoms with Gasteiger partial charge in [0.25, 0.3) is 0 Å². The second-order valence-electron chi connectivity index (χ2n) is 6.41. The molecule has 0 aromatic rings. The Morgan fingerprint density at radius 1 is 1.29 bits per heavy atom. The molecule has 0 unspecified atom stereocenters. The van der Waals surface area contributed by atoms with Gasteiger partial charge in [-0.2, -0.15) is 0 Å². The third-order valence-corrected chi connectivity index (χ3v) is 3.37. The van der Waals surface area contributed by atoms with E-state index in [9.17, 15) is 4.79 Å². The van der Waals surface area contributed by atoms with Crippen molar-refractivity contribution in [2.24, 2.45) is 11.1 Å². The fraction of sp³-hybridized carbons (Fsp3) is 0.929. The Hall–Kier alpha value is -0.570. The van der Waals surface area contributed by atoms with Gasteiger partial charge < -0.3 is 10.6 Å². The van der Waals surface area contributed by atoms with E-state index in [1.165, 1.54) is 25.7 Å². The van der Waals surface area contributed by atoms with E-state index in [2.05, 4.69) is 25.7 Å². The van der Waals surface area contributed by atoms with Crippen molar-refractivity contribution in [3.63, 3.8) is 0 Å². The lowest BCUT2D eigenvalue weighted by molar-refractivity contribution is -0.135. The molecule has 17 heavy (non-hydrogen) atoms. The lowest BCUT2D eigenvalue weighted by Crippen LogP contribution is -2.41. The number of amides is 1. The summed E-state index contributed by atoms with van der Waals surface area (Å²) in [7, 11) is 0. The molecule has 0 aliphatic heterocycles. The van der Waals surface area contributed by atoms with Crippen LogP contribution in [0.4, 0.5) is 0 Å². The predicted octanol–water partition coefficient (Wildman–Crippen LogP) is 2.54. The highest BCUT2D eigenvalue weighted by atomic mass is 16.2. The first kappa shape index (κ1) is 14.5. The van der Waals surface area contributed by atoms with Crippen LogP contribution in [0, 0.1) is 5.41 Å². The molecule has 100 valence electrons. The Bertz CT molecular complexity index is 239. The van der Waals surface area contributed by atoms with Gasteiger partial charge in [0, 0.05) is 19.0 Å². The third kappa shape index (κ3) is 5.07. The van der Waals surface area contributed by atoms with Gasteiger partial charge in [-0.1, -0.05) is 33.6 Å². The van der Waals surface area contributed by atoms with Gasteiger partial charge in [-0.05, 0) is 31.2 Å². The molecule has 3 heteroatoms. The maximum absolute atomic E-state index is 12.3. The van der Waals surface area contributed by atoms with E-state index in [-0.39, 0.29) is 5.41 Å². The smallest absolute Gasteiger partial charge is 0.223 e. The zero-order valence-electron chi connectivity index (χ0n) is 11.7. The van der Waals surface area contributed by atoms with E-state index in [0.29, 0.717) is 24.9 Å². The molecular weight excluding hydrogens is 212 g/mol. The van der Waals surface area contributed by atoms with Crippen LogP contribution in [-0.2, 0) is 4.79 Å². The molecule has 1 saturated carbocycles. The first-order valence-corrected chi connectivity index (χ1v) is 6.93. The molecule has 0 heterocycles. The van der Waals surface area contributed by atoms with Gasteiger partial charge in [-0.15, -0.1) is 0 Å². The summed E-state index contributed by atoms with van der Waals surface area (Å²) in [6.45, 7) is 7.89. The highest BCUT2D eigenvalue weighted by Gasteiger charge is 2.28. The van der Waals surface area contributed by atoms with E-state index in [0.717, 1.165) is 13.0 Å². The molecule has 1 aliphatic carbocycles. The monoisotopic (exact) mass is 240 g/mol. The van der Waals surface area contributed by atoms with Gasteiger partial charge in [-0.3, -0.25) is 4.79 Å². The van der Waals surface area contributed by atoms with Crippen LogP contribution in [0.2, 0.25) is 0 Å². The Labute approximate surface area is 106 Å². The summed E-state index contributed by atoms with van der Waals surface area (Å²) >= 11 is 0. The zero-order valence-corrected chi connectivity index (χ0v) is 11.7. The standard InChI is InChI=1S/C14H28N2O/c1-14(2,3)11-13(17)16(10-6-9-15)12-7-4-5-8-12/h12H,4-11,15H2,1-3H3. The molecule has 1 aliphatic rings. The Kier molecular flexibility index (Phi) is 5.44. The van der Waals surface area contributed by atoms with Crippen LogP contribution in [0.3, 0.4) is 0 Å². The van der Waals surface area contributed by atoms with Crippen molar-refractivity contribution in [1.29, 1.82) is 0 Å². The Morgan fingerprint density at radius 2 is 1.88 bits per heavy atom. The van der Waals surface area contributed by atoms with E-state index in [4.69, 9.17) is 5.73 Å². The fourth-order valence-electron chi connectivity index (χ4n) is 2.54. The first-order chi connectivity index (χ1) is 7.94. The molecule has 0 atom stereocenters. The van der Waals surface area contributed by atoms with Gasteiger partial charge in [0.05, 0.1) is 0 Å². The minimum absolute atomic E-state index is 0.0800. The lowest BCUT2D eigenvalue weighted by atomic mass is 9.91. The van der Waals surface area contributed by atoms with Crippen molar-refractivity contribution in [2.45, 2.75) is 65.3 Å². The van der Waals surface area contributed by atoms with E-state index in [1.807, 2.05) is 0 Å². The molecule has 3 nitrogen and oxygen atoms in total. The Morgan fingerprint density at radius 3 is 2.35 bits per heavy atom. The van der Waals surface area contributed by atoms with Gasteiger partial charge in [-0.25, -0.2) is 0 Å². The van der Waals surface area contributed by atoms with Gasteiger partial charge in [0.1, 0.15) is 0 Å². The topological polar surface area (TPSA) is 46.3 Å². The van der Waals surface area contributed by atoms with Crippen LogP contribution in [0.15, 0.2) is 0 Å². The second kappa shape index (κ2) is 6.39. The number of rotatable bonds is 5. The lowest BCUT2D eigenvalue weighted by Gasteiger charge is -2.31. The summed E-state index contributed by atoms with van der Waals surface area (Å²) in [6, 6.07) is 0.483. The SMILES string of the molecule is CC(C)(C)CC(=O)N(CCCN)C1CCCC1. The van der Waals surface area contributed by atoms with Crippen LogP contribution in [0.25, 0.3) is 0 Å². The summed E-state index contributed by atoms with van der Waals surface area (Å²) in [5.74, 6) is 0.317. The summed E-state index contributed by atoms with van der Waals surface area (Å²) in [5.41, 5.74) is 5.64. The molecule has 1 fully saturated rings. The summed E-state index contributed by atoms with van der Waals surface area (Å²) < 4.78 is 0. The molecule has 0 radical (unpaired) electrons. The summed E-state index contributed by atoms with van der Waals surface area (Å²) in [6.07, 6.45) is 6.47. The van der Waals surface area contributed by atoms with E-state index < -0.39 is 0 Å². The fourth-order valence-corrected chi connectivity index (χ4v) is 2.54. The number of carbonyl (C=O) groups is 1. The number of hydrogen-bond acceptors (Lipinski definition) is 2. The van der Waals surface area contributed by atoms with Crippen LogP contribution in [0.1, 0.15) is 59.3 Å². The molecule has 1 rings (SSSR count). The predicted molar refractivity (Wildman–Crippen MR) is 71.7 cm³/mol. The second-order valence-corrected chi connectivity index (χ2v) is 6.41. The molecular formula is C14H28N2O. The molecule has 1 amide bonds. The van der Waals surface area contributed by atoms with Gasteiger partial charge in [0.15, 0.2) is 0 Å². The van der Waals surface area contributed by atoms with Crippen LogP contribution in [-0.4, -0.2) is 29.9 Å². The Balaban J connectivity index is 2.57. The summed E-state index contributed by atoms with van der Waals surface area (Å²) in [5, 5.41) is 0. The minimum Gasteiger partial charge on any atom is -0.340 e. The molecule has 0 bridgehead atoms. The average molecular weight is 240 g/mol. The third-order valence-electron chi connectivity index (χ3n) is 3.37. The molecule has 0 aromatic carbocycles. The molecule has 0 aromatic heterocycles. The van der Waals surface area contributed by atoms with Crippen LogP contribution >= 0.6 is 0 Å². The van der Waals surface area contributed by atoms with Crippen LogP contribution in [0.5, 0.6) is 0 Å². The average Bonchev–Trinajstić information content (AvgIpc) is 2.68. The number of nitrogens with zero attached hydrogens (tertiary/aromatic N) is 1. The molecule has 0 saturated heterocycles. The summed E-state index contributed by atoms with van der Waals surface area (Å²) in [4.78, 5) is 14.4. The van der Waals surface area contributed by atoms with Crippen molar-refractivity contribution in [2.75, 3.05) is 13.1 Å². The normalized spacial score (nSPS) is 17.4. The van der Waals surface area contributed by atoms with Crippen molar-refractivity contribution in [3.05, 3.63) is 0 Å². The van der Waals surface area contributed by atoms with E-state index >= 15 is 0 Å². The zero-order chi connectivity index (χ0) is 12.9. The highest BCUT2D eigenvalue weighted by Crippen LogP contribution is 2.27. The number of hydrogen-bond donors (Lipinski definition) is 1. The van der Waals surface area contributed by atoms with Gasteiger partial charge >= 0.3 is 0 Å². The van der Waals surface area contributed by atoms with Crippen molar-refractivity contribution >= 4 is 5.91 Å². The van der Waals surface area contributed by atoms with Crippen LogP contribution < -0.4 is 5.73 Å². The maximum Gasteiger partial charge on any atom is 0.223 e. The van der Waals surface area contributed by atoms with Crippen molar-refractivity contribution in [1.82, 2.24) is 4.90 Å². The van der Waals surface area contributed by atoms with Crippen molar-refractivity contribution in [3.8, 4) is 0 Å². The first-order valence-electron chi connectivity index (χ1n) is 6.93. The molecule has 2 N–H and O–H groups in total.